The summed E-state index contributed by atoms with van der Waals surface area (Å²) in [5.74, 6) is -0.831. The van der Waals surface area contributed by atoms with Crippen LogP contribution in [0.25, 0.3) is 0 Å². The SMILES string of the molecule is C/C=C/C(=O)OCC(=O)Nc1ccc2c(c1)CCC2. The number of carbonyl (C=O) groups is 2. The molecule has 1 aromatic carbocycles. The second kappa shape index (κ2) is 6.18. The van der Waals surface area contributed by atoms with E-state index in [-0.39, 0.29) is 12.5 Å². The van der Waals surface area contributed by atoms with Crippen LogP contribution < -0.4 is 5.32 Å². The van der Waals surface area contributed by atoms with Gasteiger partial charge in [0.15, 0.2) is 6.61 Å². The Kier molecular flexibility index (Phi) is 4.34. The van der Waals surface area contributed by atoms with Crippen LogP contribution in [0.15, 0.2) is 30.4 Å². The van der Waals surface area contributed by atoms with E-state index < -0.39 is 5.97 Å². The maximum atomic E-state index is 11.6. The number of nitrogens with one attached hydrogen (secondary N) is 1. The first kappa shape index (κ1) is 13.3. The number of hydrogen-bond acceptors (Lipinski definition) is 3. The Hall–Kier alpha value is -2.10. The molecule has 4 nitrogen and oxygen atoms in total. The lowest BCUT2D eigenvalue weighted by molar-refractivity contribution is -0.142. The van der Waals surface area contributed by atoms with E-state index in [0.29, 0.717) is 0 Å². The van der Waals surface area contributed by atoms with Crippen LogP contribution in [0.5, 0.6) is 0 Å². The van der Waals surface area contributed by atoms with Crippen LogP contribution in [-0.2, 0) is 27.2 Å². The Balaban J connectivity index is 1.87. The van der Waals surface area contributed by atoms with Crippen molar-refractivity contribution >= 4 is 17.6 Å². The quantitative estimate of drug-likeness (QED) is 0.666. The highest BCUT2D eigenvalue weighted by molar-refractivity contribution is 5.93. The molecule has 4 heteroatoms. The molecular weight excluding hydrogens is 242 g/mol. The minimum atomic E-state index is -0.508. The average molecular weight is 259 g/mol. The van der Waals surface area contributed by atoms with Gasteiger partial charge in [-0.1, -0.05) is 12.1 Å². The number of anilines is 1. The first-order valence-electron chi connectivity index (χ1n) is 6.40. The molecule has 1 aliphatic carbocycles. The van der Waals surface area contributed by atoms with Gasteiger partial charge >= 0.3 is 5.97 Å². The highest BCUT2D eigenvalue weighted by Gasteiger charge is 2.12. The molecule has 0 spiro atoms. The Bertz CT molecular complexity index is 520. The molecule has 0 aliphatic heterocycles. The summed E-state index contributed by atoms with van der Waals surface area (Å²) < 4.78 is 4.77. The molecule has 0 fully saturated rings. The Labute approximate surface area is 112 Å². The Morgan fingerprint density at radius 1 is 1.32 bits per heavy atom. The topological polar surface area (TPSA) is 55.4 Å². The molecule has 0 unspecified atom stereocenters. The maximum absolute atomic E-state index is 11.6. The van der Waals surface area contributed by atoms with Crippen LogP contribution in [0.4, 0.5) is 5.69 Å². The van der Waals surface area contributed by atoms with Crippen molar-refractivity contribution in [2.45, 2.75) is 26.2 Å². The molecule has 0 bridgehead atoms. The molecule has 0 heterocycles. The van der Waals surface area contributed by atoms with E-state index in [0.717, 1.165) is 18.5 Å². The maximum Gasteiger partial charge on any atom is 0.330 e. The summed E-state index contributed by atoms with van der Waals surface area (Å²) in [7, 11) is 0. The van der Waals surface area contributed by atoms with Gasteiger partial charge in [-0.2, -0.15) is 0 Å². The zero-order chi connectivity index (χ0) is 13.7. The summed E-state index contributed by atoms with van der Waals surface area (Å²) in [6, 6.07) is 5.92. The fourth-order valence-electron chi connectivity index (χ4n) is 2.17. The van der Waals surface area contributed by atoms with E-state index in [1.165, 1.54) is 23.6 Å². The average Bonchev–Trinajstić information content (AvgIpc) is 2.84. The van der Waals surface area contributed by atoms with Crippen molar-refractivity contribution in [3.8, 4) is 0 Å². The smallest absolute Gasteiger partial charge is 0.330 e. The third-order valence-corrected chi connectivity index (χ3v) is 3.03. The molecule has 0 radical (unpaired) electrons. The normalized spacial score (nSPS) is 13.3. The van der Waals surface area contributed by atoms with E-state index >= 15 is 0 Å². The van der Waals surface area contributed by atoms with Crippen molar-refractivity contribution in [2.75, 3.05) is 11.9 Å². The predicted octanol–water partition coefficient (Wildman–Crippen LogP) is 2.23. The van der Waals surface area contributed by atoms with Gasteiger partial charge in [0.05, 0.1) is 0 Å². The number of benzene rings is 1. The van der Waals surface area contributed by atoms with Crippen molar-refractivity contribution < 1.29 is 14.3 Å². The second-order valence-corrected chi connectivity index (χ2v) is 4.49. The van der Waals surface area contributed by atoms with E-state index in [1.54, 1.807) is 13.0 Å². The summed E-state index contributed by atoms with van der Waals surface area (Å²) >= 11 is 0. The van der Waals surface area contributed by atoms with Gasteiger partial charge in [0.25, 0.3) is 5.91 Å². The summed E-state index contributed by atoms with van der Waals surface area (Å²) in [5.41, 5.74) is 3.41. The molecule has 0 saturated heterocycles. The zero-order valence-corrected chi connectivity index (χ0v) is 10.9. The van der Waals surface area contributed by atoms with Gasteiger partial charge in [0.1, 0.15) is 0 Å². The van der Waals surface area contributed by atoms with Crippen molar-refractivity contribution in [1.29, 1.82) is 0 Å². The number of hydrogen-bond donors (Lipinski definition) is 1. The highest BCUT2D eigenvalue weighted by atomic mass is 16.5. The van der Waals surface area contributed by atoms with Crippen LogP contribution in [-0.4, -0.2) is 18.5 Å². The molecule has 1 aromatic rings. The molecular formula is C15H17NO3. The van der Waals surface area contributed by atoms with Crippen LogP contribution >= 0.6 is 0 Å². The van der Waals surface area contributed by atoms with E-state index in [9.17, 15) is 9.59 Å². The van der Waals surface area contributed by atoms with Gasteiger partial charge < -0.3 is 10.1 Å². The summed E-state index contributed by atoms with van der Waals surface area (Å²) in [6.45, 7) is 1.45. The number of allylic oxidation sites excluding steroid dienone is 1. The van der Waals surface area contributed by atoms with E-state index in [4.69, 9.17) is 4.74 Å². The molecule has 0 saturated carbocycles. The van der Waals surface area contributed by atoms with Crippen LogP contribution in [0.1, 0.15) is 24.5 Å². The fraction of sp³-hybridized carbons (Fsp3) is 0.333. The highest BCUT2D eigenvalue weighted by Crippen LogP contribution is 2.24. The number of esters is 1. The molecule has 0 atom stereocenters. The number of ether oxygens (including phenoxy) is 1. The van der Waals surface area contributed by atoms with E-state index in [2.05, 4.69) is 5.32 Å². The number of fused-ring (bicyclic) bond motifs is 1. The monoisotopic (exact) mass is 259 g/mol. The Morgan fingerprint density at radius 3 is 2.89 bits per heavy atom. The largest absolute Gasteiger partial charge is 0.452 e. The van der Waals surface area contributed by atoms with Crippen molar-refractivity contribution in [3.63, 3.8) is 0 Å². The Morgan fingerprint density at radius 2 is 2.11 bits per heavy atom. The van der Waals surface area contributed by atoms with Gasteiger partial charge in [-0.05, 0) is 49.4 Å². The second-order valence-electron chi connectivity index (χ2n) is 4.49. The van der Waals surface area contributed by atoms with Crippen molar-refractivity contribution in [2.24, 2.45) is 0 Å². The van der Waals surface area contributed by atoms with Gasteiger partial charge in [0, 0.05) is 11.8 Å². The lowest BCUT2D eigenvalue weighted by Crippen LogP contribution is -2.20. The predicted molar refractivity (Wildman–Crippen MR) is 72.9 cm³/mol. The van der Waals surface area contributed by atoms with Crippen LogP contribution in [0, 0.1) is 0 Å². The van der Waals surface area contributed by atoms with Crippen molar-refractivity contribution in [1.82, 2.24) is 0 Å². The first-order valence-corrected chi connectivity index (χ1v) is 6.40. The standard InChI is InChI=1S/C15H17NO3/c1-2-4-15(18)19-10-14(17)16-13-8-7-11-5-3-6-12(11)9-13/h2,4,7-9H,3,5-6,10H2,1H3,(H,16,17)/b4-2+. The van der Waals surface area contributed by atoms with Crippen molar-refractivity contribution in [3.05, 3.63) is 41.5 Å². The number of aryl methyl sites for hydroxylation is 2. The summed E-state index contributed by atoms with van der Waals surface area (Å²) in [6.07, 6.45) is 6.21. The molecule has 19 heavy (non-hydrogen) atoms. The third kappa shape index (κ3) is 3.68. The minimum absolute atomic E-state index is 0.264. The van der Waals surface area contributed by atoms with E-state index in [1.807, 2.05) is 18.2 Å². The van der Waals surface area contributed by atoms with Gasteiger partial charge in [-0.15, -0.1) is 0 Å². The minimum Gasteiger partial charge on any atom is -0.452 e. The molecule has 100 valence electrons. The fourth-order valence-corrected chi connectivity index (χ4v) is 2.17. The molecule has 1 amide bonds. The van der Waals surface area contributed by atoms with Gasteiger partial charge in [-0.25, -0.2) is 4.79 Å². The lowest BCUT2D eigenvalue weighted by atomic mass is 10.1. The van der Waals surface area contributed by atoms with Crippen LogP contribution in [0.3, 0.4) is 0 Å². The summed E-state index contributed by atoms with van der Waals surface area (Å²) in [5, 5.41) is 2.73. The van der Waals surface area contributed by atoms with Crippen LogP contribution in [0.2, 0.25) is 0 Å². The molecule has 1 N–H and O–H groups in total. The number of amides is 1. The number of carbonyl (C=O) groups excluding carboxylic acids is 2. The van der Waals surface area contributed by atoms with Gasteiger partial charge in [-0.3, -0.25) is 4.79 Å². The number of rotatable bonds is 4. The molecule has 2 rings (SSSR count). The molecule has 0 aromatic heterocycles. The zero-order valence-electron chi connectivity index (χ0n) is 10.9. The summed E-state index contributed by atoms with van der Waals surface area (Å²) in [4.78, 5) is 22.7. The molecule has 1 aliphatic rings. The third-order valence-electron chi connectivity index (χ3n) is 3.03. The lowest BCUT2D eigenvalue weighted by Gasteiger charge is -2.07. The first-order chi connectivity index (χ1) is 9.19. The van der Waals surface area contributed by atoms with Gasteiger partial charge in [0.2, 0.25) is 0 Å².